The minimum Gasteiger partial charge on any atom is -0.454 e. The molecular weight excluding hydrogens is 364 g/mol. The zero-order chi connectivity index (χ0) is 18.3. The Balaban J connectivity index is 1.67. The lowest BCUT2D eigenvalue weighted by Gasteiger charge is -2.00. The minimum absolute atomic E-state index is 0.0141. The Morgan fingerprint density at radius 1 is 1.15 bits per heavy atom. The van der Waals surface area contributed by atoms with Gasteiger partial charge in [0.2, 0.25) is 12.7 Å². The third-order valence-electron chi connectivity index (χ3n) is 3.71. The highest BCUT2D eigenvalue weighted by Gasteiger charge is 2.26. The van der Waals surface area contributed by atoms with E-state index in [2.05, 4.69) is 4.99 Å². The topological polar surface area (TPSA) is 100 Å². The number of nitro benzene ring substituents is 1. The SMILES string of the molecule is O=C1OC(c2ccc(Cl)c([N+](=O)[O-])c2)=N/C1=C\c1ccc2c(c1)OCO2. The van der Waals surface area contributed by atoms with Gasteiger partial charge in [0.15, 0.2) is 17.2 Å². The summed E-state index contributed by atoms with van der Waals surface area (Å²) in [6, 6.07) is 9.23. The standard InChI is InChI=1S/C17H9ClN2O6/c18-11-3-2-10(7-13(11)20(22)23)16-19-12(17(21)26-16)5-9-1-4-14-15(6-9)25-8-24-14/h1-7H,8H2/b12-5-. The number of hydrogen-bond donors (Lipinski definition) is 0. The van der Waals surface area contributed by atoms with Crippen molar-refractivity contribution in [1.29, 1.82) is 0 Å². The van der Waals surface area contributed by atoms with Crippen LogP contribution >= 0.6 is 11.6 Å². The Morgan fingerprint density at radius 3 is 2.77 bits per heavy atom. The van der Waals surface area contributed by atoms with Gasteiger partial charge in [-0.25, -0.2) is 9.79 Å². The van der Waals surface area contributed by atoms with Crippen LogP contribution in [0.5, 0.6) is 11.5 Å². The highest BCUT2D eigenvalue weighted by molar-refractivity contribution is 6.32. The average Bonchev–Trinajstić information content (AvgIpc) is 3.21. The van der Waals surface area contributed by atoms with Crippen molar-refractivity contribution >= 4 is 35.2 Å². The molecule has 4 rings (SSSR count). The second kappa shape index (κ2) is 6.16. The molecule has 8 nitrogen and oxygen atoms in total. The molecule has 9 heteroatoms. The second-order valence-corrected chi connectivity index (χ2v) is 5.78. The summed E-state index contributed by atoms with van der Waals surface area (Å²) in [5, 5.41) is 11.0. The van der Waals surface area contributed by atoms with E-state index in [0.717, 1.165) is 0 Å². The van der Waals surface area contributed by atoms with Gasteiger partial charge in [0.05, 0.1) is 4.92 Å². The molecule has 0 unspecified atom stereocenters. The molecule has 2 aromatic carbocycles. The molecule has 0 radical (unpaired) electrons. The second-order valence-electron chi connectivity index (χ2n) is 5.37. The zero-order valence-corrected chi connectivity index (χ0v) is 13.7. The summed E-state index contributed by atoms with van der Waals surface area (Å²) in [5.74, 6) is 0.513. The molecule has 0 spiro atoms. The van der Waals surface area contributed by atoms with E-state index in [1.54, 1.807) is 18.2 Å². The molecule has 0 aromatic heterocycles. The molecule has 0 bridgehead atoms. The Labute approximate surface area is 151 Å². The van der Waals surface area contributed by atoms with Crippen LogP contribution in [0.3, 0.4) is 0 Å². The summed E-state index contributed by atoms with van der Waals surface area (Å²) >= 11 is 5.79. The number of cyclic esters (lactones) is 1. The summed E-state index contributed by atoms with van der Waals surface area (Å²) in [6.07, 6.45) is 1.53. The molecule has 0 aliphatic carbocycles. The van der Waals surface area contributed by atoms with E-state index in [1.807, 2.05) is 0 Å². The van der Waals surface area contributed by atoms with Crippen LogP contribution in [-0.4, -0.2) is 23.6 Å². The van der Waals surface area contributed by atoms with Crippen molar-refractivity contribution in [2.75, 3.05) is 6.79 Å². The first-order valence-electron chi connectivity index (χ1n) is 7.38. The first-order valence-corrected chi connectivity index (χ1v) is 7.75. The van der Waals surface area contributed by atoms with Crippen molar-refractivity contribution < 1.29 is 23.9 Å². The van der Waals surface area contributed by atoms with Crippen molar-refractivity contribution in [1.82, 2.24) is 0 Å². The molecule has 0 amide bonds. The molecule has 0 N–H and O–H groups in total. The molecule has 0 saturated heterocycles. The average molecular weight is 373 g/mol. The van der Waals surface area contributed by atoms with Gasteiger partial charge in [-0.15, -0.1) is 0 Å². The van der Waals surface area contributed by atoms with E-state index in [1.165, 1.54) is 24.3 Å². The molecule has 0 saturated carbocycles. The van der Waals surface area contributed by atoms with E-state index in [4.69, 9.17) is 25.8 Å². The predicted octanol–water partition coefficient (Wildman–Crippen LogP) is 3.32. The Morgan fingerprint density at radius 2 is 1.96 bits per heavy atom. The number of carbonyl (C=O) groups is 1. The van der Waals surface area contributed by atoms with E-state index in [0.29, 0.717) is 17.1 Å². The lowest BCUT2D eigenvalue weighted by Crippen LogP contribution is -2.06. The minimum atomic E-state index is -0.657. The Kier molecular flexibility index (Phi) is 3.81. The van der Waals surface area contributed by atoms with E-state index in [-0.39, 0.29) is 34.7 Å². The van der Waals surface area contributed by atoms with E-state index < -0.39 is 10.9 Å². The van der Waals surface area contributed by atoms with Gasteiger partial charge in [0, 0.05) is 11.6 Å². The number of carbonyl (C=O) groups excluding carboxylic acids is 1. The van der Waals surface area contributed by atoms with Crippen LogP contribution in [0.15, 0.2) is 47.1 Å². The highest BCUT2D eigenvalue weighted by atomic mass is 35.5. The molecular formula is C17H9ClN2O6. The molecule has 2 heterocycles. The number of esters is 1. The zero-order valence-electron chi connectivity index (χ0n) is 13.0. The lowest BCUT2D eigenvalue weighted by molar-refractivity contribution is -0.384. The van der Waals surface area contributed by atoms with E-state index >= 15 is 0 Å². The highest BCUT2D eigenvalue weighted by Crippen LogP contribution is 2.33. The molecule has 26 heavy (non-hydrogen) atoms. The fourth-order valence-electron chi connectivity index (χ4n) is 2.48. The Hall–Kier alpha value is -3.39. The van der Waals surface area contributed by atoms with Crippen molar-refractivity contribution in [3.8, 4) is 11.5 Å². The maximum absolute atomic E-state index is 12.1. The van der Waals surface area contributed by atoms with Gasteiger partial charge in [0.25, 0.3) is 5.69 Å². The lowest BCUT2D eigenvalue weighted by atomic mass is 10.1. The van der Waals surface area contributed by atoms with Crippen LogP contribution in [0.1, 0.15) is 11.1 Å². The van der Waals surface area contributed by atoms with E-state index in [9.17, 15) is 14.9 Å². The number of nitro groups is 1. The number of hydrogen-bond acceptors (Lipinski definition) is 7. The van der Waals surface area contributed by atoms with Gasteiger partial charge in [-0.2, -0.15) is 0 Å². The molecule has 130 valence electrons. The Bertz CT molecular complexity index is 1010. The van der Waals surface area contributed by atoms with Crippen LogP contribution in [0.2, 0.25) is 5.02 Å². The smallest absolute Gasteiger partial charge is 0.363 e. The van der Waals surface area contributed by atoms with Crippen molar-refractivity contribution in [2.24, 2.45) is 4.99 Å². The number of halogens is 1. The van der Waals surface area contributed by atoms with Crippen LogP contribution in [-0.2, 0) is 9.53 Å². The maximum Gasteiger partial charge on any atom is 0.363 e. The summed E-state index contributed by atoms with van der Waals surface area (Å²) in [4.78, 5) is 26.6. The number of rotatable bonds is 3. The van der Waals surface area contributed by atoms with Gasteiger partial charge in [-0.3, -0.25) is 10.1 Å². The van der Waals surface area contributed by atoms with Crippen LogP contribution < -0.4 is 9.47 Å². The predicted molar refractivity (Wildman–Crippen MR) is 91.3 cm³/mol. The summed E-state index contributed by atoms with van der Waals surface area (Å²) in [5.41, 5.74) is 0.726. The van der Waals surface area contributed by atoms with Crippen molar-refractivity contribution in [2.45, 2.75) is 0 Å². The molecule has 2 aliphatic heterocycles. The normalized spacial score (nSPS) is 16.6. The van der Waals surface area contributed by atoms with Crippen molar-refractivity contribution in [3.63, 3.8) is 0 Å². The summed E-state index contributed by atoms with van der Waals surface area (Å²) in [6.45, 7) is 0.148. The molecule has 2 aromatic rings. The number of benzene rings is 2. The quantitative estimate of drug-likeness (QED) is 0.354. The first-order chi connectivity index (χ1) is 12.5. The van der Waals surface area contributed by atoms with Gasteiger partial charge in [-0.05, 0) is 35.9 Å². The van der Waals surface area contributed by atoms with Gasteiger partial charge in [0.1, 0.15) is 5.02 Å². The number of aliphatic imine (C=N–C) groups is 1. The van der Waals surface area contributed by atoms with Crippen molar-refractivity contribution in [3.05, 3.63) is 68.4 Å². The summed E-state index contributed by atoms with van der Waals surface area (Å²) in [7, 11) is 0. The maximum atomic E-state index is 12.1. The number of nitrogens with zero attached hydrogens (tertiary/aromatic N) is 2. The number of ether oxygens (including phenoxy) is 3. The fraction of sp³-hybridized carbons (Fsp3) is 0.0588. The summed E-state index contributed by atoms with van der Waals surface area (Å²) < 4.78 is 15.6. The van der Waals surface area contributed by atoms with Crippen LogP contribution in [0.25, 0.3) is 6.08 Å². The van der Waals surface area contributed by atoms with Gasteiger partial charge in [-0.1, -0.05) is 17.7 Å². The fourth-order valence-corrected chi connectivity index (χ4v) is 2.67. The van der Waals surface area contributed by atoms with Crippen LogP contribution in [0.4, 0.5) is 5.69 Å². The largest absolute Gasteiger partial charge is 0.454 e. The molecule has 0 fully saturated rings. The third kappa shape index (κ3) is 2.86. The van der Waals surface area contributed by atoms with Gasteiger partial charge < -0.3 is 14.2 Å². The first kappa shape index (κ1) is 16.1. The molecule has 2 aliphatic rings. The number of fused-ring (bicyclic) bond motifs is 1. The van der Waals surface area contributed by atoms with Crippen LogP contribution in [0, 0.1) is 10.1 Å². The van der Waals surface area contributed by atoms with Gasteiger partial charge >= 0.3 is 5.97 Å². The monoisotopic (exact) mass is 372 g/mol. The third-order valence-corrected chi connectivity index (χ3v) is 4.03. The molecule has 0 atom stereocenters.